The number of pyridine rings is 2. The van der Waals surface area contributed by atoms with Gasteiger partial charge in [0.1, 0.15) is 0 Å². The summed E-state index contributed by atoms with van der Waals surface area (Å²) in [5.41, 5.74) is 19.0. The quantitative estimate of drug-likeness (QED) is 0.198. The largest absolute Gasteiger partial charge is 0.246 e. The minimum atomic E-state index is -0.185. The monoisotopic (exact) mass is 596 g/mol. The zero-order valence-corrected chi connectivity index (χ0v) is 26.1. The summed E-state index contributed by atoms with van der Waals surface area (Å²) in [6, 6.07) is 48.9. The lowest BCUT2D eigenvalue weighted by Gasteiger charge is -2.21. The lowest BCUT2D eigenvalue weighted by molar-refractivity contribution is 0.658. The van der Waals surface area contributed by atoms with E-state index < -0.39 is 0 Å². The van der Waals surface area contributed by atoms with E-state index in [1.807, 2.05) is 0 Å². The van der Waals surface area contributed by atoms with Gasteiger partial charge in [0.25, 0.3) is 0 Å². The standard InChI is InChI=1S/C45H28N2/c1-45(2)37-21-23-39(29-17-19-35-27-11-5-3-9-25(27)31-13-7-15-33(29)41(31)35)46-43(37)44-38(45)22-24-40(47-44)30-18-20-36-28-12-6-4-10-26(28)32-14-8-16-34(30)42(32)36/h3-24H,1-2H3. The Hall–Kier alpha value is -5.86. The highest BCUT2D eigenvalue weighted by Crippen LogP contribution is 2.52. The molecule has 47 heavy (non-hydrogen) atoms. The number of aromatic nitrogens is 2. The Bertz CT molecular complexity index is 2470. The van der Waals surface area contributed by atoms with Crippen LogP contribution in [0.5, 0.6) is 0 Å². The van der Waals surface area contributed by atoms with Gasteiger partial charge in [0.2, 0.25) is 0 Å². The van der Waals surface area contributed by atoms with Gasteiger partial charge < -0.3 is 0 Å². The molecule has 0 atom stereocenters. The molecule has 2 heterocycles. The van der Waals surface area contributed by atoms with Gasteiger partial charge in [-0.05, 0) is 89.3 Å². The van der Waals surface area contributed by atoms with Gasteiger partial charge in [0, 0.05) is 16.5 Å². The van der Waals surface area contributed by atoms with Crippen LogP contribution in [0.25, 0.3) is 100.0 Å². The minimum Gasteiger partial charge on any atom is -0.246 e. The highest BCUT2D eigenvalue weighted by Gasteiger charge is 2.38. The summed E-state index contributed by atoms with van der Waals surface area (Å²) in [5.74, 6) is 0. The first kappa shape index (κ1) is 25.3. The Morgan fingerprint density at radius 3 is 1.13 bits per heavy atom. The summed E-state index contributed by atoms with van der Waals surface area (Å²) in [6.45, 7) is 4.60. The number of rotatable bonds is 2. The molecule has 2 nitrogen and oxygen atoms in total. The zero-order chi connectivity index (χ0) is 31.0. The van der Waals surface area contributed by atoms with E-state index in [-0.39, 0.29) is 5.41 Å². The first-order valence-electron chi connectivity index (χ1n) is 16.4. The van der Waals surface area contributed by atoms with Crippen molar-refractivity contribution in [3.63, 3.8) is 0 Å². The third-order valence-corrected chi connectivity index (χ3v) is 11.0. The Kier molecular flexibility index (Phi) is 4.68. The molecular weight excluding hydrogens is 569 g/mol. The maximum atomic E-state index is 5.44. The van der Waals surface area contributed by atoms with Crippen molar-refractivity contribution >= 4 is 21.5 Å². The fraction of sp³-hybridized carbons (Fsp3) is 0.0667. The number of nitrogens with zero attached hydrogens (tertiary/aromatic N) is 2. The van der Waals surface area contributed by atoms with Gasteiger partial charge in [-0.25, -0.2) is 9.97 Å². The van der Waals surface area contributed by atoms with E-state index in [1.54, 1.807) is 0 Å². The van der Waals surface area contributed by atoms with Crippen molar-refractivity contribution in [3.05, 3.63) is 145 Å². The number of fused-ring (bicyclic) bond motifs is 9. The van der Waals surface area contributed by atoms with E-state index in [1.165, 1.54) is 77.2 Å². The van der Waals surface area contributed by atoms with Crippen LogP contribution in [0, 0.1) is 0 Å². The van der Waals surface area contributed by atoms with Crippen molar-refractivity contribution in [3.8, 4) is 78.4 Å². The molecule has 0 amide bonds. The van der Waals surface area contributed by atoms with Crippen molar-refractivity contribution in [2.75, 3.05) is 0 Å². The van der Waals surface area contributed by atoms with Gasteiger partial charge in [0.05, 0.1) is 22.8 Å². The molecule has 0 aliphatic heterocycles. The van der Waals surface area contributed by atoms with Gasteiger partial charge in [-0.1, -0.05) is 135 Å². The molecule has 0 radical (unpaired) electrons. The summed E-state index contributed by atoms with van der Waals surface area (Å²) < 4.78 is 0. The van der Waals surface area contributed by atoms with Crippen LogP contribution >= 0.6 is 0 Å². The number of benzene rings is 6. The zero-order valence-electron chi connectivity index (χ0n) is 26.1. The summed E-state index contributed by atoms with van der Waals surface area (Å²) in [7, 11) is 0. The summed E-state index contributed by atoms with van der Waals surface area (Å²) in [6.07, 6.45) is 0. The first-order valence-corrected chi connectivity index (χ1v) is 16.4. The molecular formula is C45H28N2. The van der Waals surface area contributed by atoms with Crippen molar-refractivity contribution in [1.29, 1.82) is 0 Å². The van der Waals surface area contributed by atoms with E-state index in [4.69, 9.17) is 9.97 Å². The molecule has 8 aromatic rings. The fourth-order valence-corrected chi connectivity index (χ4v) is 8.80. The summed E-state index contributed by atoms with van der Waals surface area (Å²) >= 11 is 0. The number of hydrogen-bond acceptors (Lipinski definition) is 2. The molecule has 6 aromatic carbocycles. The van der Waals surface area contributed by atoms with Gasteiger partial charge in [-0.3, -0.25) is 0 Å². The molecule has 3 aliphatic rings. The molecule has 0 bridgehead atoms. The molecule has 218 valence electrons. The molecule has 0 spiro atoms. The van der Waals surface area contributed by atoms with Gasteiger partial charge in [0.15, 0.2) is 0 Å². The van der Waals surface area contributed by atoms with E-state index in [2.05, 4.69) is 147 Å². The van der Waals surface area contributed by atoms with Crippen LogP contribution in [0.3, 0.4) is 0 Å². The lowest BCUT2D eigenvalue weighted by Crippen LogP contribution is -2.15. The summed E-state index contributed by atoms with van der Waals surface area (Å²) in [4.78, 5) is 10.9. The normalized spacial score (nSPS) is 13.9. The van der Waals surface area contributed by atoms with Gasteiger partial charge in [-0.2, -0.15) is 0 Å². The lowest BCUT2D eigenvalue weighted by atomic mass is 9.83. The highest BCUT2D eigenvalue weighted by molar-refractivity contribution is 6.19. The van der Waals surface area contributed by atoms with Crippen LogP contribution in [-0.2, 0) is 5.41 Å². The average molecular weight is 597 g/mol. The molecule has 2 heteroatoms. The predicted octanol–water partition coefficient (Wildman–Crippen LogP) is 11.7. The SMILES string of the molecule is CC1(C)c2ccc(-c3ccc4c5c(cccc35)-c3ccccc3-4)nc2-c2nc(-c3ccc4c5c(cccc35)-c3ccccc3-4)ccc21. The maximum absolute atomic E-state index is 5.44. The maximum Gasteiger partial charge on any atom is 0.0937 e. The smallest absolute Gasteiger partial charge is 0.0937 e. The average Bonchev–Trinajstić information content (AvgIpc) is 3.70. The van der Waals surface area contributed by atoms with Crippen molar-refractivity contribution < 1.29 is 0 Å². The van der Waals surface area contributed by atoms with Crippen LogP contribution in [-0.4, -0.2) is 9.97 Å². The molecule has 0 N–H and O–H groups in total. The molecule has 0 unspecified atom stereocenters. The van der Waals surface area contributed by atoms with Crippen LogP contribution in [0.1, 0.15) is 25.0 Å². The topological polar surface area (TPSA) is 25.8 Å². The van der Waals surface area contributed by atoms with Crippen molar-refractivity contribution in [2.45, 2.75) is 19.3 Å². The fourth-order valence-electron chi connectivity index (χ4n) is 8.80. The van der Waals surface area contributed by atoms with E-state index >= 15 is 0 Å². The third-order valence-electron chi connectivity index (χ3n) is 11.0. The molecule has 2 aromatic heterocycles. The Labute approximate surface area is 273 Å². The van der Waals surface area contributed by atoms with Crippen LogP contribution in [0.2, 0.25) is 0 Å². The first-order chi connectivity index (χ1) is 23.1. The molecule has 11 rings (SSSR count). The minimum absolute atomic E-state index is 0.185. The van der Waals surface area contributed by atoms with Gasteiger partial charge in [-0.15, -0.1) is 0 Å². The Morgan fingerprint density at radius 2 is 0.702 bits per heavy atom. The molecule has 0 fully saturated rings. The third kappa shape index (κ3) is 3.15. The second-order valence-electron chi connectivity index (χ2n) is 13.7. The Morgan fingerprint density at radius 1 is 0.340 bits per heavy atom. The highest BCUT2D eigenvalue weighted by atomic mass is 14.8. The predicted molar refractivity (Wildman–Crippen MR) is 194 cm³/mol. The molecule has 0 saturated heterocycles. The number of hydrogen-bond donors (Lipinski definition) is 0. The van der Waals surface area contributed by atoms with E-state index in [0.717, 1.165) is 33.9 Å². The van der Waals surface area contributed by atoms with E-state index in [0.29, 0.717) is 0 Å². The van der Waals surface area contributed by atoms with Crippen LogP contribution in [0.15, 0.2) is 133 Å². The summed E-state index contributed by atoms with van der Waals surface area (Å²) in [5, 5.41) is 5.14. The Balaban J connectivity index is 1.09. The molecule has 0 saturated carbocycles. The van der Waals surface area contributed by atoms with Crippen LogP contribution < -0.4 is 0 Å². The van der Waals surface area contributed by atoms with Gasteiger partial charge >= 0.3 is 0 Å². The second kappa shape index (κ2) is 8.69. The van der Waals surface area contributed by atoms with Crippen LogP contribution in [0.4, 0.5) is 0 Å². The second-order valence-corrected chi connectivity index (χ2v) is 13.7. The van der Waals surface area contributed by atoms with E-state index in [9.17, 15) is 0 Å². The van der Waals surface area contributed by atoms with Crippen molar-refractivity contribution in [2.24, 2.45) is 0 Å². The van der Waals surface area contributed by atoms with Crippen molar-refractivity contribution in [1.82, 2.24) is 9.97 Å². The molecule has 3 aliphatic carbocycles.